The lowest BCUT2D eigenvalue weighted by atomic mass is 10.1. The van der Waals surface area contributed by atoms with E-state index in [0.717, 1.165) is 5.56 Å². The predicted molar refractivity (Wildman–Crippen MR) is 94.9 cm³/mol. The fourth-order valence-electron chi connectivity index (χ4n) is 2.67. The van der Waals surface area contributed by atoms with Gasteiger partial charge in [-0.05, 0) is 30.2 Å². The van der Waals surface area contributed by atoms with E-state index >= 15 is 0 Å². The molecule has 1 amide bonds. The number of hydrogen-bond donors (Lipinski definition) is 1. The number of nitrogens with one attached hydrogen (secondary N) is 1. The number of aromatic nitrogens is 1. The van der Waals surface area contributed by atoms with Crippen LogP contribution < -0.4 is 20.3 Å². The van der Waals surface area contributed by atoms with Crippen LogP contribution in [0.15, 0.2) is 35.3 Å². The first-order valence-corrected chi connectivity index (χ1v) is 8.74. The Morgan fingerprint density at radius 3 is 2.61 bits per heavy atom. The Kier molecular flexibility index (Phi) is 5.83. The van der Waals surface area contributed by atoms with E-state index in [9.17, 15) is 22.8 Å². The predicted octanol–water partition coefficient (Wildman–Crippen LogP) is 2.65. The molecule has 1 aliphatic rings. The quantitative estimate of drug-likeness (QED) is 0.813. The van der Waals surface area contributed by atoms with Crippen molar-refractivity contribution in [3.63, 3.8) is 0 Å². The molecule has 0 bridgehead atoms. The highest BCUT2D eigenvalue weighted by atomic mass is 35.5. The third kappa shape index (κ3) is 4.78. The van der Waals surface area contributed by atoms with Crippen LogP contribution in [0.5, 0.6) is 11.5 Å². The lowest BCUT2D eigenvalue weighted by Gasteiger charge is -2.19. The number of carbonyl (C=O) groups excluding carboxylic acids is 1. The molecule has 0 saturated heterocycles. The Labute approximate surface area is 162 Å². The van der Waals surface area contributed by atoms with Gasteiger partial charge in [0.15, 0.2) is 11.5 Å². The highest BCUT2D eigenvalue weighted by molar-refractivity contribution is 6.30. The average Bonchev–Trinajstić information content (AvgIpc) is 2.64. The second-order valence-corrected chi connectivity index (χ2v) is 6.49. The van der Waals surface area contributed by atoms with E-state index in [-0.39, 0.29) is 6.54 Å². The third-order valence-corrected chi connectivity index (χ3v) is 4.30. The van der Waals surface area contributed by atoms with E-state index < -0.39 is 34.8 Å². The van der Waals surface area contributed by atoms with Crippen molar-refractivity contribution in [3.8, 4) is 11.5 Å². The summed E-state index contributed by atoms with van der Waals surface area (Å²) in [6.07, 6.45) is -3.62. The first-order valence-electron chi connectivity index (χ1n) is 8.36. The average molecular weight is 417 g/mol. The van der Waals surface area contributed by atoms with Gasteiger partial charge in [-0.25, -0.2) is 0 Å². The summed E-state index contributed by atoms with van der Waals surface area (Å²) in [5, 5.41) is 1.97. The van der Waals surface area contributed by atoms with Gasteiger partial charge >= 0.3 is 6.18 Å². The molecule has 0 fully saturated rings. The summed E-state index contributed by atoms with van der Waals surface area (Å²) in [4.78, 5) is 23.9. The number of halogens is 4. The summed E-state index contributed by atoms with van der Waals surface area (Å²) in [6, 6.07) is 5.95. The van der Waals surface area contributed by atoms with E-state index in [1.807, 2.05) is 6.07 Å². The van der Waals surface area contributed by atoms with Crippen LogP contribution in [0.1, 0.15) is 11.1 Å². The summed E-state index contributed by atoms with van der Waals surface area (Å²) in [5.41, 5.74) is -1.07. The molecule has 0 unspecified atom stereocenters. The minimum atomic E-state index is -4.67. The molecule has 1 aromatic heterocycles. The minimum absolute atomic E-state index is 0.236. The molecule has 0 atom stereocenters. The van der Waals surface area contributed by atoms with Crippen molar-refractivity contribution in [2.75, 3.05) is 19.8 Å². The smallest absolute Gasteiger partial charge is 0.417 e. The van der Waals surface area contributed by atoms with Gasteiger partial charge in [-0.3, -0.25) is 9.59 Å². The molecule has 1 aliphatic heterocycles. The van der Waals surface area contributed by atoms with Crippen LogP contribution in [-0.2, 0) is 23.9 Å². The lowest BCUT2D eigenvalue weighted by Crippen LogP contribution is -2.34. The van der Waals surface area contributed by atoms with Crippen LogP contribution in [0.25, 0.3) is 0 Å². The molecule has 1 N–H and O–H groups in total. The normalized spacial score (nSPS) is 13.3. The number of nitrogens with zero attached hydrogens (tertiary/aromatic N) is 1. The lowest BCUT2D eigenvalue weighted by molar-refractivity contribution is -0.138. The molecule has 10 heteroatoms. The van der Waals surface area contributed by atoms with Gasteiger partial charge in [0.05, 0.1) is 5.56 Å². The van der Waals surface area contributed by atoms with Crippen LogP contribution in [0, 0.1) is 0 Å². The number of benzene rings is 1. The zero-order valence-corrected chi connectivity index (χ0v) is 15.3. The largest absolute Gasteiger partial charge is 0.486 e. The standard InChI is InChI=1S/C18H16ClF3N2O4/c19-13-8-12(18(20,21)22)9-24(17(13)26)10-16(25)23-4-3-11-1-2-14-15(7-11)28-6-5-27-14/h1-2,7-9H,3-6,10H2,(H,23,25). The zero-order chi connectivity index (χ0) is 20.3. The molecular weight excluding hydrogens is 401 g/mol. The van der Waals surface area contributed by atoms with Crippen molar-refractivity contribution >= 4 is 17.5 Å². The molecule has 150 valence electrons. The minimum Gasteiger partial charge on any atom is -0.486 e. The molecule has 3 rings (SSSR count). The number of ether oxygens (including phenoxy) is 2. The van der Waals surface area contributed by atoms with Gasteiger partial charge in [-0.15, -0.1) is 0 Å². The molecule has 0 aliphatic carbocycles. The first kappa shape index (κ1) is 20.1. The number of rotatable bonds is 5. The van der Waals surface area contributed by atoms with Gasteiger partial charge in [-0.2, -0.15) is 13.2 Å². The summed E-state index contributed by atoms with van der Waals surface area (Å²) in [6.45, 7) is 0.617. The number of alkyl halides is 3. The summed E-state index contributed by atoms with van der Waals surface area (Å²) >= 11 is 5.56. The van der Waals surface area contributed by atoms with Crippen molar-refractivity contribution < 1.29 is 27.4 Å². The number of amides is 1. The molecule has 28 heavy (non-hydrogen) atoms. The molecule has 2 heterocycles. The molecule has 6 nitrogen and oxygen atoms in total. The SMILES string of the molecule is O=C(Cn1cc(C(F)(F)F)cc(Cl)c1=O)NCCc1ccc2c(c1)OCCO2. The summed E-state index contributed by atoms with van der Waals surface area (Å²) in [7, 11) is 0. The molecule has 0 saturated carbocycles. The summed E-state index contributed by atoms with van der Waals surface area (Å²) in [5.74, 6) is 0.676. The highest BCUT2D eigenvalue weighted by Gasteiger charge is 2.32. The maximum Gasteiger partial charge on any atom is 0.417 e. The summed E-state index contributed by atoms with van der Waals surface area (Å²) < 4.78 is 50.0. The Morgan fingerprint density at radius 1 is 1.18 bits per heavy atom. The van der Waals surface area contributed by atoms with E-state index in [1.165, 1.54) is 0 Å². The van der Waals surface area contributed by atoms with E-state index in [1.54, 1.807) is 12.1 Å². The van der Waals surface area contributed by atoms with Gasteiger partial charge in [0.2, 0.25) is 5.91 Å². The Bertz CT molecular complexity index is 943. The maximum absolute atomic E-state index is 12.8. The molecule has 1 aromatic carbocycles. The van der Waals surface area contributed by atoms with Crippen LogP contribution in [0.4, 0.5) is 13.2 Å². The number of hydrogen-bond acceptors (Lipinski definition) is 4. The fourth-order valence-corrected chi connectivity index (χ4v) is 2.90. The Balaban J connectivity index is 1.59. The highest BCUT2D eigenvalue weighted by Crippen LogP contribution is 2.31. The van der Waals surface area contributed by atoms with E-state index in [2.05, 4.69) is 5.32 Å². The van der Waals surface area contributed by atoms with Gasteiger partial charge in [0, 0.05) is 12.7 Å². The third-order valence-electron chi connectivity index (χ3n) is 4.03. The molecular formula is C18H16ClF3N2O4. The second kappa shape index (κ2) is 8.14. The zero-order valence-electron chi connectivity index (χ0n) is 14.5. The number of pyridine rings is 1. The van der Waals surface area contributed by atoms with Crippen molar-refractivity contribution in [1.82, 2.24) is 9.88 Å². The van der Waals surface area contributed by atoms with Gasteiger partial charge < -0.3 is 19.4 Å². The van der Waals surface area contributed by atoms with E-state index in [4.69, 9.17) is 21.1 Å². The molecule has 0 radical (unpaired) electrons. The second-order valence-electron chi connectivity index (χ2n) is 6.09. The van der Waals surface area contributed by atoms with Gasteiger partial charge in [0.1, 0.15) is 24.8 Å². The molecule has 0 spiro atoms. The van der Waals surface area contributed by atoms with Gasteiger partial charge in [-0.1, -0.05) is 17.7 Å². The van der Waals surface area contributed by atoms with Crippen LogP contribution in [0.3, 0.4) is 0 Å². The number of carbonyl (C=O) groups is 1. The van der Waals surface area contributed by atoms with Crippen molar-refractivity contribution in [2.45, 2.75) is 19.1 Å². The van der Waals surface area contributed by atoms with Crippen molar-refractivity contribution in [2.24, 2.45) is 0 Å². The Hall–Kier alpha value is -2.68. The van der Waals surface area contributed by atoms with Crippen molar-refractivity contribution in [1.29, 1.82) is 0 Å². The number of fused-ring (bicyclic) bond motifs is 1. The Morgan fingerprint density at radius 2 is 1.89 bits per heavy atom. The van der Waals surface area contributed by atoms with Crippen molar-refractivity contribution in [3.05, 3.63) is 57.0 Å². The topological polar surface area (TPSA) is 69.6 Å². The monoisotopic (exact) mass is 416 g/mol. The molecule has 2 aromatic rings. The van der Waals surface area contributed by atoms with Crippen LogP contribution in [0.2, 0.25) is 5.02 Å². The van der Waals surface area contributed by atoms with Crippen LogP contribution >= 0.6 is 11.6 Å². The maximum atomic E-state index is 12.8. The van der Waals surface area contributed by atoms with E-state index in [0.29, 0.717) is 48.0 Å². The first-order chi connectivity index (χ1) is 13.2. The van der Waals surface area contributed by atoms with Gasteiger partial charge in [0.25, 0.3) is 5.56 Å². The fraction of sp³-hybridized carbons (Fsp3) is 0.333. The van der Waals surface area contributed by atoms with Crippen LogP contribution in [-0.4, -0.2) is 30.2 Å².